The molecular formula is C16H19F3N2O3S. The molecule has 0 unspecified atom stereocenters. The summed E-state index contributed by atoms with van der Waals surface area (Å²) >= 11 is 0.908. The van der Waals surface area contributed by atoms with Gasteiger partial charge in [0.1, 0.15) is 0 Å². The molecular weight excluding hydrogens is 357 g/mol. The molecule has 2 rings (SSSR count). The minimum atomic E-state index is -4.64. The van der Waals surface area contributed by atoms with Crippen LogP contribution in [0.2, 0.25) is 0 Å². The number of nitro benzene ring substituents is 1. The van der Waals surface area contributed by atoms with Gasteiger partial charge in [0.15, 0.2) is 0 Å². The Kier molecular flexibility index (Phi) is 6.69. The fraction of sp³-hybridized carbons (Fsp3) is 0.562. The monoisotopic (exact) mass is 376 g/mol. The molecule has 0 aliphatic carbocycles. The first kappa shape index (κ1) is 19.6. The summed E-state index contributed by atoms with van der Waals surface area (Å²) in [5, 5.41) is 11.1. The van der Waals surface area contributed by atoms with Crippen molar-refractivity contribution in [2.24, 2.45) is 0 Å². The van der Waals surface area contributed by atoms with Gasteiger partial charge in [0.2, 0.25) is 5.91 Å². The molecule has 1 saturated heterocycles. The van der Waals surface area contributed by atoms with Crippen molar-refractivity contribution in [1.82, 2.24) is 4.90 Å². The van der Waals surface area contributed by atoms with E-state index in [-0.39, 0.29) is 16.6 Å². The number of carbonyl (C=O) groups excluding carboxylic acids is 1. The van der Waals surface area contributed by atoms with Gasteiger partial charge in [-0.05, 0) is 25.0 Å². The largest absolute Gasteiger partial charge is 0.416 e. The van der Waals surface area contributed by atoms with Crippen molar-refractivity contribution in [2.45, 2.75) is 43.2 Å². The van der Waals surface area contributed by atoms with Gasteiger partial charge < -0.3 is 4.90 Å². The number of thioether (sulfide) groups is 1. The molecule has 1 aromatic rings. The molecule has 1 aliphatic heterocycles. The third kappa shape index (κ3) is 5.62. The minimum Gasteiger partial charge on any atom is -0.342 e. The Morgan fingerprint density at radius 1 is 1.16 bits per heavy atom. The Labute approximate surface area is 147 Å². The summed E-state index contributed by atoms with van der Waals surface area (Å²) in [6.45, 7) is 1.32. The van der Waals surface area contributed by atoms with E-state index in [2.05, 4.69) is 0 Å². The predicted molar refractivity (Wildman–Crippen MR) is 88.5 cm³/mol. The molecule has 0 aromatic heterocycles. The fourth-order valence-corrected chi connectivity index (χ4v) is 3.59. The normalized spacial score (nSPS) is 16.2. The van der Waals surface area contributed by atoms with Gasteiger partial charge >= 0.3 is 6.18 Å². The number of likely N-dealkylation sites (tertiary alicyclic amines) is 1. The second-order valence-electron chi connectivity index (χ2n) is 5.87. The summed E-state index contributed by atoms with van der Waals surface area (Å²) in [5.41, 5.74) is -1.70. The molecule has 0 saturated carbocycles. The van der Waals surface area contributed by atoms with Gasteiger partial charge in [-0.3, -0.25) is 14.9 Å². The molecule has 0 N–H and O–H groups in total. The summed E-state index contributed by atoms with van der Waals surface area (Å²) in [4.78, 5) is 24.3. The maximum Gasteiger partial charge on any atom is 0.416 e. The molecule has 1 heterocycles. The number of carbonyl (C=O) groups is 1. The van der Waals surface area contributed by atoms with Gasteiger partial charge in [-0.25, -0.2) is 0 Å². The van der Waals surface area contributed by atoms with Crippen molar-refractivity contribution in [3.63, 3.8) is 0 Å². The zero-order valence-corrected chi connectivity index (χ0v) is 14.4. The topological polar surface area (TPSA) is 63.4 Å². The van der Waals surface area contributed by atoms with E-state index in [1.807, 2.05) is 0 Å². The maximum absolute atomic E-state index is 12.7. The highest BCUT2D eigenvalue weighted by molar-refractivity contribution is 8.00. The van der Waals surface area contributed by atoms with Gasteiger partial charge in [0, 0.05) is 19.2 Å². The van der Waals surface area contributed by atoms with Gasteiger partial charge in [-0.15, -0.1) is 11.8 Å². The van der Waals surface area contributed by atoms with Crippen LogP contribution in [0.15, 0.2) is 23.1 Å². The lowest BCUT2D eigenvalue weighted by Crippen LogP contribution is -2.35. The summed E-state index contributed by atoms with van der Waals surface area (Å²) in [7, 11) is 0. The number of hydrogen-bond acceptors (Lipinski definition) is 4. The number of nitrogens with zero attached hydrogens (tertiary/aromatic N) is 2. The Morgan fingerprint density at radius 2 is 1.76 bits per heavy atom. The van der Waals surface area contributed by atoms with E-state index in [0.29, 0.717) is 19.2 Å². The minimum absolute atomic E-state index is 0.0216. The Hall–Kier alpha value is -1.77. The highest BCUT2D eigenvalue weighted by Crippen LogP contribution is 2.36. The van der Waals surface area contributed by atoms with Crippen LogP contribution >= 0.6 is 11.8 Å². The van der Waals surface area contributed by atoms with Gasteiger partial charge in [-0.1, -0.05) is 19.3 Å². The van der Waals surface area contributed by atoms with Crippen LogP contribution in [0.5, 0.6) is 0 Å². The van der Waals surface area contributed by atoms with Crippen LogP contribution in [0.3, 0.4) is 0 Å². The molecule has 1 aliphatic rings. The van der Waals surface area contributed by atoms with Crippen molar-refractivity contribution in [3.8, 4) is 0 Å². The number of rotatable bonds is 4. The van der Waals surface area contributed by atoms with Gasteiger partial charge in [0.25, 0.3) is 5.69 Å². The summed E-state index contributed by atoms with van der Waals surface area (Å²) < 4.78 is 38.1. The van der Waals surface area contributed by atoms with Crippen molar-refractivity contribution in [1.29, 1.82) is 0 Å². The van der Waals surface area contributed by atoms with Crippen LogP contribution in [0.4, 0.5) is 18.9 Å². The summed E-state index contributed by atoms with van der Waals surface area (Å²) in [5.74, 6) is -0.159. The number of hydrogen-bond donors (Lipinski definition) is 0. The number of alkyl halides is 3. The van der Waals surface area contributed by atoms with Crippen LogP contribution < -0.4 is 0 Å². The van der Waals surface area contributed by atoms with Crippen LogP contribution in [0.25, 0.3) is 0 Å². The smallest absolute Gasteiger partial charge is 0.342 e. The number of halogens is 3. The van der Waals surface area contributed by atoms with Crippen LogP contribution in [-0.4, -0.2) is 34.6 Å². The third-order valence-corrected chi connectivity index (χ3v) is 5.09. The molecule has 138 valence electrons. The second kappa shape index (κ2) is 8.55. The van der Waals surface area contributed by atoms with Crippen LogP contribution in [-0.2, 0) is 11.0 Å². The first-order chi connectivity index (χ1) is 11.8. The van der Waals surface area contributed by atoms with Crippen molar-refractivity contribution in [3.05, 3.63) is 33.9 Å². The van der Waals surface area contributed by atoms with E-state index in [1.165, 1.54) is 0 Å². The molecule has 9 heteroatoms. The number of nitro groups is 1. The third-order valence-electron chi connectivity index (χ3n) is 4.04. The highest BCUT2D eigenvalue weighted by Gasteiger charge is 2.33. The van der Waals surface area contributed by atoms with Gasteiger partial charge in [0.05, 0.1) is 21.1 Å². The van der Waals surface area contributed by atoms with E-state index < -0.39 is 22.4 Å². The SMILES string of the molecule is O=C(CSc1ccc(C(F)(F)F)cc1[N+](=O)[O-])N1CCCCCCC1. The Balaban J connectivity index is 2.06. The molecule has 0 radical (unpaired) electrons. The maximum atomic E-state index is 12.7. The zero-order chi connectivity index (χ0) is 18.4. The number of amides is 1. The molecule has 0 spiro atoms. The van der Waals surface area contributed by atoms with Gasteiger partial charge in [-0.2, -0.15) is 13.2 Å². The first-order valence-corrected chi connectivity index (χ1v) is 9.04. The molecule has 1 fully saturated rings. The van der Waals surface area contributed by atoms with E-state index in [4.69, 9.17) is 0 Å². The standard InChI is InChI=1S/C16H19F3N2O3S/c17-16(18,19)12-6-7-14(13(10-12)21(23)24)25-11-15(22)20-8-4-2-1-3-5-9-20/h6-7,10H,1-5,8-9,11H2. The predicted octanol–water partition coefficient (Wildman–Crippen LogP) is 4.50. The Bertz CT molecular complexity index is 630. The van der Waals surface area contributed by atoms with E-state index in [9.17, 15) is 28.1 Å². The molecule has 25 heavy (non-hydrogen) atoms. The fourth-order valence-electron chi connectivity index (χ4n) is 2.69. The summed E-state index contributed by atoms with van der Waals surface area (Å²) in [6, 6.07) is 2.38. The highest BCUT2D eigenvalue weighted by atomic mass is 32.2. The lowest BCUT2D eigenvalue weighted by Gasteiger charge is -2.24. The van der Waals surface area contributed by atoms with Crippen molar-refractivity contribution >= 4 is 23.4 Å². The molecule has 0 atom stereocenters. The Morgan fingerprint density at radius 3 is 2.32 bits per heavy atom. The molecule has 0 bridgehead atoms. The zero-order valence-electron chi connectivity index (χ0n) is 13.6. The first-order valence-electron chi connectivity index (χ1n) is 8.05. The second-order valence-corrected chi connectivity index (χ2v) is 6.89. The lowest BCUT2D eigenvalue weighted by atomic mass is 10.1. The lowest BCUT2D eigenvalue weighted by molar-refractivity contribution is -0.388. The van der Waals surface area contributed by atoms with Crippen LogP contribution in [0.1, 0.15) is 37.7 Å². The molecule has 1 aromatic carbocycles. The van der Waals surface area contributed by atoms with E-state index in [1.54, 1.807) is 4.90 Å². The van der Waals surface area contributed by atoms with E-state index >= 15 is 0 Å². The quantitative estimate of drug-likeness (QED) is 0.441. The van der Waals surface area contributed by atoms with Crippen molar-refractivity contribution < 1.29 is 22.9 Å². The van der Waals surface area contributed by atoms with E-state index in [0.717, 1.165) is 56.0 Å². The molecule has 5 nitrogen and oxygen atoms in total. The van der Waals surface area contributed by atoms with Crippen molar-refractivity contribution in [2.75, 3.05) is 18.8 Å². The average molecular weight is 376 g/mol. The molecule has 1 amide bonds. The number of benzene rings is 1. The van der Waals surface area contributed by atoms with Crippen LogP contribution in [0, 0.1) is 10.1 Å². The average Bonchev–Trinajstić information content (AvgIpc) is 2.51. The summed E-state index contributed by atoms with van der Waals surface area (Å²) in [6.07, 6.45) is 0.513.